The second kappa shape index (κ2) is 3.91. The van der Waals surface area contributed by atoms with Crippen LogP contribution in [0.15, 0.2) is 6.20 Å². The van der Waals surface area contributed by atoms with Crippen molar-refractivity contribution in [2.45, 2.75) is 13.0 Å². The highest BCUT2D eigenvalue weighted by molar-refractivity contribution is 5.78. The van der Waals surface area contributed by atoms with Gasteiger partial charge in [-0.3, -0.25) is 9.48 Å². The van der Waals surface area contributed by atoms with Gasteiger partial charge in [0, 0.05) is 18.3 Å². The summed E-state index contributed by atoms with van der Waals surface area (Å²) in [6, 6.07) is -1.03. The maximum absolute atomic E-state index is 10.8. The number of aromatic nitrogens is 2. The first-order chi connectivity index (χ1) is 6.57. The number of aryl methyl sites for hydroxylation is 1. The van der Waals surface area contributed by atoms with Crippen LogP contribution in [0.25, 0.3) is 0 Å². The fraction of sp³-hybridized carbons (Fsp3) is 0.375. The van der Waals surface area contributed by atoms with Crippen LogP contribution in [0.2, 0.25) is 0 Å². The van der Waals surface area contributed by atoms with Gasteiger partial charge >= 0.3 is 5.97 Å². The molecule has 0 aliphatic heterocycles. The predicted octanol–water partition coefficient (Wildman–Crippen LogP) is -0.400. The largest absolute Gasteiger partial charge is 0.479 e. The van der Waals surface area contributed by atoms with E-state index >= 15 is 0 Å². The average Bonchev–Trinajstić information content (AvgIpc) is 2.44. The van der Waals surface area contributed by atoms with Gasteiger partial charge in [0.2, 0.25) is 6.41 Å². The lowest BCUT2D eigenvalue weighted by atomic mass is 10.1. The van der Waals surface area contributed by atoms with Gasteiger partial charge in [-0.05, 0) is 6.92 Å². The quantitative estimate of drug-likeness (QED) is 0.643. The Bertz CT molecular complexity index is 359. The Labute approximate surface area is 80.5 Å². The maximum Gasteiger partial charge on any atom is 0.331 e. The van der Waals surface area contributed by atoms with Crippen LogP contribution < -0.4 is 5.32 Å². The Kier molecular flexibility index (Phi) is 2.85. The van der Waals surface area contributed by atoms with Crippen molar-refractivity contribution in [3.63, 3.8) is 0 Å². The van der Waals surface area contributed by atoms with E-state index in [1.807, 2.05) is 0 Å². The average molecular weight is 197 g/mol. The summed E-state index contributed by atoms with van der Waals surface area (Å²) in [4.78, 5) is 21.0. The van der Waals surface area contributed by atoms with Crippen LogP contribution in [0.5, 0.6) is 0 Å². The molecule has 1 atom stereocenters. The lowest BCUT2D eigenvalue weighted by Crippen LogP contribution is -2.27. The highest BCUT2D eigenvalue weighted by Crippen LogP contribution is 2.16. The molecule has 1 heterocycles. The maximum atomic E-state index is 10.8. The van der Waals surface area contributed by atoms with Crippen molar-refractivity contribution in [2.75, 3.05) is 0 Å². The molecular weight excluding hydrogens is 186 g/mol. The fourth-order valence-corrected chi connectivity index (χ4v) is 1.16. The highest BCUT2D eigenvalue weighted by Gasteiger charge is 2.22. The van der Waals surface area contributed by atoms with Gasteiger partial charge in [-0.25, -0.2) is 4.79 Å². The zero-order chi connectivity index (χ0) is 10.7. The Morgan fingerprint density at radius 3 is 2.79 bits per heavy atom. The molecular formula is C8H11N3O3. The van der Waals surface area contributed by atoms with Crippen LogP contribution >= 0.6 is 0 Å². The Balaban J connectivity index is 3.04. The minimum Gasteiger partial charge on any atom is -0.479 e. The van der Waals surface area contributed by atoms with Crippen LogP contribution in [-0.2, 0) is 16.6 Å². The van der Waals surface area contributed by atoms with Gasteiger partial charge in [-0.15, -0.1) is 0 Å². The third-order valence-electron chi connectivity index (χ3n) is 2.07. The van der Waals surface area contributed by atoms with E-state index in [-0.39, 0.29) is 0 Å². The van der Waals surface area contributed by atoms with E-state index in [9.17, 15) is 9.59 Å². The summed E-state index contributed by atoms with van der Waals surface area (Å²) < 4.78 is 1.55. The topological polar surface area (TPSA) is 84.2 Å². The van der Waals surface area contributed by atoms with E-state index in [1.165, 1.54) is 6.20 Å². The third kappa shape index (κ3) is 1.73. The lowest BCUT2D eigenvalue weighted by Gasteiger charge is -2.09. The zero-order valence-corrected chi connectivity index (χ0v) is 7.89. The molecule has 0 bridgehead atoms. The molecule has 1 rings (SSSR count). The molecule has 1 aromatic rings. The molecule has 1 unspecified atom stereocenters. The van der Waals surface area contributed by atoms with Crippen molar-refractivity contribution in [1.82, 2.24) is 15.1 Å². The summed E-state index contributed by atoms with van der Waals surface area (Å²) in [5, 5.41) is 15.0. The summed E-state index contributed by atoms with van der Waals surface area (Å²) in [5.74, 6) is -1.10. The number of carbonyl (C=O) groups excluding carboxylic acids is 1. The lowest BCUT2D eigenvalue weighted by molar-refractivity contribution is -0.140. The van der Waals surface area contributed by atoms with Crippen molar-refractivity contribution in [3.8, 4) is 0 Å². The van der Waals surface area contributed by atoms with Crippen molar-refractivity contribution in [3.05, 3.63) is 17.5 Å². The van der Waals surface area contributed by atoms with Gasteiger partial charge in [0.05, 0.1) is 6.20 Å². The normalized spacial score (nSPS) is 12.1. The minimum absolute atomic E-state index is 0.366. The summed E-state index contributed by atoms with van der Waals surface area (Å²) in [6.45, 7) is 1.74. The van der Waals surface area contributed by atoms with Gasteiger partial charge in [0.1, 0.15) is 0 Å². The molecule has 2 N–H and O–H groups in total. The molecule has 0 saturated carbocycles. The first-order valence-corrected chi connectivity index (χ1v) is 3.99. The van der Waals surface area contributed by atoms with E-state index in [0.717, 1.165) is 0 Å². The molecule has 1 amide bonds. The first-order valence-electron chi connectivity index (χ1n) is 3.99. The number of carboxylic acid groups (broad SMARTS) is 1. The number of carbonyl (C=O) groups is 2. The molecule has 14 heavy (non-hydrogen) atoms. The molecule has 0 fully saturated rings. The highest BCUT2D eigenvalue weighted by atomic mass is 16.4. The number of carboxylic acids is 1. The van der Waals surface area contributed by atoms with Crippen LogP contribution in [0.4, 0.5) is 0 Å². The molecule has 1 aromatic heterocycles. The third-order valence-corrected chi connectivity index (χ3v) is 2.07. The molecule has 0 aromatic carbocycles. The van der Waals surface area contributed by atoms with Crippen LogP contribution in [0.3, 0.4) is 0 Å². The number of hydrogen-bond donors (Lipinski definition) is 2. The minimum atomic E-state index is -1.10. The van der Waals surface area contributed by atoms with E-state index in [0.29, 0.717) is 17.7 Å². The van der Waals surface area contributed by atoms with Gasteiger partial charge in [0.25, 0.3) is 0 Å². The van der Waals surface area contributed by atoms with E-state index in [4.69, 9.17) is 5.11 Å². The number of aliphatic carboxylic acids is 1. The fourth-order valence-electron chi connectivity index (χ4n) is 1.16. The summed E-state index contributed by atoms with van der Waals surface area (Å²) >= 11 is 0. The van der Waals surface area contributed by atoms with Crippen molar-refractivity contribution in [2.24, 2.45) is 7.05 Å². The Morgan fingerprint density at radius 2 is 2.43 bits per heavy atom. The summed E-state index contributed by atoms with van der Waals surface area (Å²) in [6.07, 6.45) is 1.80. The second-order valence-corrected chi connectivity index (χ2v) is 2.86. The molecule has 0 radical (unpaired) electrons. The molecule has 0 aliphatic carbocycles. The first kappa shape index (κ1) is 10.2. The number of nitrogens with one attached hydrogen (secondary N) is 1. The SMILES string of the molecule is Cc1c(C(NC=O)C(=O)O)cnn1C. The number of hydrogen-bond acceptors (Lipinski definition) is 3. The van der Waals surface area contributed by atoms with Crippen LogP contribution in [0.1, 0.15) is 17.3 Å². The summed E-state index contributed by atoms with van der Waals surface area (Å²) in [5.41, 5.74) is 1.21. The summed E-state index contributed by atoms with van der Waals surface area (Å²) in [7, 11) is 1.71. The van der Waals surface area contributed by atoms with Gasteiger partial charge in [-0.2, -0.15) is 5.10 Å². The molecule has 76 valence electrons. The van der Waals surface area contributed by atoms with Crippen LogP contribution in [0, 0.1) is 6.92 Å². The van der Waals surface area contributed by atoms with E-state index in [2.05, 4.69) is 10.4 Å². The van der Waals surface area contributed by atoms with E-state index < -0.39 is 12.0 Å². The monoisotopic (exact) mass is 197 g/mol. The van der Waals surface area contributed by atoms with Crippen molar-refractivity contribution >= 4 is 12.4 Å². The second-order valence-electron chi connectivity index (χ2n) is 2.86. The predicted molar refractivity (Wildman–Crippen MR) is 47.5 cm³/mol. The Hall–Kier alpha value is -1.85. The molecule has 6 heteroatoms. The van der Waals surface area contributed by atoms with Gasteiger partial charge in [0.15, 0.2) is 6.04 Å². The van der Waals surface area contributed by atoms with Gasteiger partial charge in [-0.1, -0.05) is 0 Å². The number of rotatable bonds is 4. The number of nitrogens with zero attached hydrogens (tertiary/aromatic N) is 2. The van der Waals surface area contributed by atoms with Crippen molar-refractivity contribution < 1.29 is 14.7 Å². The molecule has 0 spiro atoms. The van der Waals surface area contributed by atoms with E-state index in [1.54, 1.807) is 18.7 Å². The molecule has 6 nitrogen and oxygen atoms in total. The van der Waals surface area contributed by atoms with Crippen LogP contribution in [-0.4, -0.2) is 27.3 Å². The Morgan fingerprint density at radius 1 is 1.79 bits per heavy atom. The smallest absolute Gasteiger partial charge is 0.331 e. The number of amides is 1. The molecule has 0 saturated heterocycles. The zero-order valence-electron chi connectivity index (χ0n) is 7.89. The molecule has 0 aliphatic rings. The standard InChI is InChI=1S/C8H11N3O3/c1-5-6(3-10-11(5)2)7(8(13)14)9-4-12/h3-4,7H,1-2H3,(H,9,12)(H,13,14). The van der Waals surface area contributed by atoms with Crippen molar-refractivity contribution in [1.29, 1.82) is 0 Å². The van der Waals surface area contributed by atoms with Gasteiger partial charge < -0.3 is 10.4 Å².